The van der Waals surface area contributed by atoms with Crippen molar-refractivity contribution in [2.75, 3.05) is 51.3 Å². The molecule has 44 nitrogen and oxygen atoms in total. The second-order valence-corrected chi connectivity index (χ2v) is 36.7. The predicted octanol–water partition coefficient (Wildman–Crippen LogP) is -1.65. The van der Waals surface area contributed by atoms with Gasteiger partial charge < -0.3 is 140 Å². The molecule has 1 heterocycles. The number of amides is 14. The number of imidazole rings is 1. The number of H-pyrrole nitrogens is 1. The van der Waals surface area contributed by atoms with E-state index in [0.29, 0.717) is 63.5 Å². The molecule has 764 valence electrons. The molecule has 134 heavy (non-hydrogen) atoms. The van der Waals surface area contributed by atoms with Gasteiger partial charge in [-0.3, -0.25) is 81.9 Å². The van der Waals surface area contributed by atoms with E-state index in [4.69, 9.17) is 45.9 Å². The summed E-state index contributed by atoms with van der Waals surface area (Å²) in [6.45, 7) is 9.62. The van der Waals surface area contributed by atoms with E-state index in [1.807, 2.05) is 6.26 Å². The van der Waals surface area contributed by atoms with Crippen molar-refractivity contribution >= 4 is 112 Å². The molecular formula is C89H163N25O19S. The number of aromatic nitrogens is 2. The van der Waals surface area contributed by atoms with Gasteiger partial charge in [0.15, 0.2) is 11.9 Å². The number of aliphatic carboxylic acids is 1. The van der Waals surface area contributed by atoms with Crippen molar-refractivity contribution in [3.63, 3.8) is 0 Å². The quantitative estimate of drug-likeness (QED) is 0.0197. The topological polar surface area (TPSA) is 755 Å². The number of thioether (sulfide) groups is 1. The Morgan fingerprint density at radius 1 is 0.433 bits per heavy atom. The molecule has 1 aromatic heterocycles. The van der Waals surface area contributed by atoms with Gasteiger partial charge in [0, 0.05) is 37.8 Å². The first-order valence-electron chi connectivity index (χ1n) is 47.9. The van der Waals surface area contributed by atoms with Crippen LogP contribution in [0.2, 0.25) is 0 Å². The molecule has 0 unspecified atom stereocenters. The Balaban J connectivity index is 2.55. The number of rotatable bonds is 75. The van der Waals surface area contributed by atoms with E-state index >= 15 is 0 Å². The zero-order valence-electron chi connectivity index (χ0n) is 79.9. The molecule has 1 fully saturated rings. The molecule has 1 aromatic rings. The van der Waals surface area contributed by atoms with Crippen molar-refractivity contribution in [3.8, 4) is 0 Å². The summed E-state index contributed by atoms with van der Waals surface area (Å²) in [6.07, 6.45) is 19.3. The van der Waals surface area contributed by atoms with Crippen LogP contribution in [0.3, 0.4) is 0 Å². The molecular weight excluding hydrogens is 1760 g/mol. The Bertz CT molecular complexity index is 3740. The SMILES string of the molecule is CCCCCCCCCCCCCCCC(=O)N[C@@H](CC1CCC(O)CC1)C(=O)N[C@H](C(=O)N[C@@H](CCCCN)C(=O)N[C@@H](CCCN=C(N)N)C(=O)N[C@@H](CC(C)C)C(=O)N[C@@H](CC(=O)O)C(=O)N[C@@H](CO)C(=O)N[C@@H](Cc1cnc[nH]1)C(=O)N[C@@H](CCCN=C(N)N)C(=O)N[C@@H](CCCCN)C(=O)N[C@@H](CC(C)C)C(=O)N[C@@H](CCCCN)C(=O)N[C@@H](CCSC)C(N)=O)[C@@H](C)O. The Kier molecular flexibility index (Phi) is 62.4. The molecule has 0 radical (unpaired) electrons. The molecule has 1 aliphatic carbocycles. The van der Waals surface area contributed by atoms with Crippen molar-refractivity contribution in [2.45, 2.75) is 370 Å². The number of primary amides is 1. The fourth-order valence-electron chi connectivity index (χ4n) is 15.3. The fourth-order valence-corrected chi connectivity index (χ4v) is 15.8. The lowest BCUT2D eigenvalue weighted by Crippen LogP contribution is -2.62. The van der Waals surface area contributed by atoms with E-state index in [-0.39, 0.29) is 158 Å². The second-order valence-electron chi connectivity index (χ2n) is 35.7. The number of carboxylic acids is 1. The number of carbonyl (C=O) groups is 15. The van der Waals surface area contributed by atoms with Gasteiger partial charge in [0.2, 0.25) is 82.7 Å². The van der Waals surface area contributed by atoms with Gasteiger partial charge in [-0.1, -0.05) is 112 Å². The molecule has 0 bridgehead atoms. The Morgan fingerprint density at radius 3 is 1.17 bits per heavy atom. The van der Waals surface area contributed by atoms with E-state index in [1.165, 1.54) is 82.6 Å². The first kappa shape index (κ1) is 120. The molecule has 14 amide bonds. The molecule has 0 saturated heterocycles. The normalized spacial score (nSPS) is 16.2. The van der Waals surface area contributed by atoms with Crippen LogP contribution in [0.5, 0.6) is 0 Å². The summed E-state index contributed by atoms with van der Waals surface area (Å²) in [5.74, 6) is -15.5. The lowest BCUT2D eigenvalue weighted by Gasteiger charge is -2.31. The van der Waals surface area contributed by atoms with Crippen LogP contribution in [0.25, 0.3) is 0 Å². The third-order valence-electron chi connectivity index (χ3n) is 22.9. The number of hydrogen-bond acceptors (Lipinski definition) is 25. The summed E-state index contributed by atoms with van der Waals surface area (Å²) in [6, 6.07) is -19.8. The van der Waals surface area contributed by atoms with E-state index in [2.05, 4.69) is 96.0 Å². The van der Waals surface area contributed by atoms with E-state index in [9.17, 15) is 92.3 Å². The maximum Gasteiger partial charge on any atom is 0.305 e. The molecule has 45 heteroatoms. The number of aliphatic imine (C=N–C) groups is 2. The van der Waals surface area contributed by atoms with E-state index < -0.39 is 199 Å². The molecule has 14 atom stereocenters. The summed E-state index contributed by atoms with van der Waals surface area (Å²) >= 11 is 1.43. The smallest absolute Gasteiger partial charge is 0.305 e. The maximum absolute atomic E-state index is 14.8. The molecule has 0 aliphatic heterocycles. The van der Waals surface area contributed by atoms with Crippen LogP contribution >= 0.6 is 11.8 Å². The summed E-state index contributed by atoms with van der Waals surface area (Å²) < 4.78 is 0. The number of unbranched alkanes of at least 4 members (excludes halogenated alkanes) is 15. The zero-order chi connectivity index (χ0) is 100. The van der Waals surface area contributed by atoms with E-state index in [1.54, 1.807) is 27.7 Å². The molecule has 2 rings (SSSR count). The number of nitrogens with two attached hydrogens (primary N) is 8. The highest BCUT2D eigenvalue weighted by Gasteiger charge is 2.40. The molecule has 1 saturated carbocycles. The number of nitrogens with one attached hydrogen (secondary N) is 14. The standard InChI is InChI=1S/C89H163N25O19S/c1-8-9-10-11-12-13-14-15-16-17-18-19-20-34-72(118)102-68(48-57-35-37-59(117)38-36-57)85(131)114-74(56(6)116)87(133)108-63(31-23-26-42-92)77(123)105-65(33-28-44-100-89(96)97)80(126)110-67(47-55(4)5)82(128)112-70(50-73(119)120)84(130)113-71(52-115)86(132)111-69(49-58-51-98-53-101-58)83(129)107-64(32-27-43-99-88(94)95)78(124)104-62(30-22-25-41-91)79(125)109-66(46-54(2)3)81(127)106-61(29-21-24-40-90)76(122)103-60(75(93)121)39-45-134-7/h51,53-57,59-71,74,115-117H,8-50,52,90-92H2,1-7H3,(H2,93,121)(H,98,101)(H,102,118)(H,103,122)(H,104,124)(H,105,123)(H,106,127)(H,107,129)(H,108,133)(H,109,125)(H,110,126)(H,111,132)(H,112,128)(H,113,130)(H,114,131)(H,119,120)(H4,94,95,99)(H4,96,97,100)/t56-,57?,59?,60+,61+,62+,63+,64+,65+,66+,67+,68+,69+,70+,71+,74+/m1/s1. The van der Waals surface area contributed by atoms with Gasteiger partial charge in [-0.2, -0.15) is 11.8 Å². The first-order valence-corrected chi connectivity index (χ1v) is 49.3. The van der Waals surface area contributed by atoms with Crippen LogP contribution in [0.15, 0.2) is 22.5 Å². The van der Waals surface area contributed by atoms with Gasteiger partial charge in [0.25, 0.3) is 0 Å². The fraction of sp³-hybridized carbons (Fsp3) is 0.775. The van der Waals surface area contributed by atoms with Crippen molar-refractivity contribution in [3.05, 3.63) is 18.2 Å². The molecule has 0 spiro atoms. The summed E-state index contributed by atoms with van der Waals surface area (Å²) in [5, 5.41) is 76.3. The third kappa shape index (κ3) is 52.1. The predicted molar refractivity (Wildman–Crippen MR) is 511 cm³/mol. The maximum atomic E-state index is 14.8. The average molecular weight is 1920 g/mol. The number of aliphatic hydroxyl groups excluding tert-OH is 3. The van der Waals surface area contributed by atoms with Crippen LogP contribution in [0.1, 0.15) is 278 Å². The molecule has 0 aromatic carbocycles. The average Bonchev–Trinajstić information content (AvgIpc) is 1.12. The van der Waals surface area contributed by atoms with Gasteiger partial charge in [0.1, 0.15) is 78.5 Å². The van der Waals surface area contributed by atoms with Gasteiger partial charge in [0.05, 0.1) is 31.6 Å². The lowest BCUT2D eigenvalue weighted by molar-refractivity contribution is -0.142. The van der Waals surface area contributed by atoms with E-state index in [0.717, 1.165) is 25.7 Å². The highest BCUT2D eigenvalue weighted by atomic mass is 32.2. The highest BCUT2D eigenvalue weighted by molar-refractivity contribution is 7.98. The van der Waals surface area contributed by atoms with Gasteiger partial charge in [-0.25, -0.2) is 4.98 Å². The third-order valence-corrected chi connectivity index (χ3v) is 23.5. The first-order chi connectivity index (χ1) is 63.8. The summed E-state index contributed by atoms with van der Waals surface area (Å²) in [5.41, 5.74) is 45.9. The van der Waals surface area contributed by atoms with Gasteiger partial charge in [-0.05, 0) is 198 Å². The number of carboxylic acid groups (broad SMARTS) is 1. The van der Waals surface area contributed by atoms with Crippen LogP contribution in [-0.2, 0) is 78.3 Å². The minimum absolute atomic E-state index is 0.0149. The summed E-state index contributed by atoms with van der Waals surface area (Å²) in [4.78, 5) is 228. The Labute approximate surface area is 793 Å². The number of aromatic amines is 1. The van der Waals surface area contributed by atoms with Crippen molar-refractivity contribution in [1.82, 2.24) is 79.1 Å². The van der Waals surface area contributed by atoms with Gasteiger partial charge >= 0.3 is 5.97 Å². The van der Waals surface area contributed by atoms with Crippen LogP contribution < -0.4 is 115 Å². The second kappa shape index (κ2) is 69.7. The Hall–Kier alpha value is -10.1. The largest absolute Gasteiger partial charge is 0.481 e. The lowest BCUT2D eigenvalue weighted by atomic mass is 9.83. The number of carbonyl (C=O) groups excluding carboxylic acids is 14. The number of hydrogen-bond donors (Lipinski definition) is 26. The summed E-state index contributed by atoms with van der Waals surface area (Å²) in [7, 11) is 0. The van der Waals surface area contributed by atoms with Crippen molar-refractivity contribution in [2.24, 2.45) is 73.6 Å². The number of guanidine groups is 2. The molecule has 34 N–H and O–H groups in total. The van der Waals surface area contributed by atoms with Crippen LogP contribution in [0.4, 0.5) is 0 Å². The van der Waals surface area contributed by atoms with Crippen molar-refractivity contribution in [1.29, 1.82) is 0 Å². The zero-order valence-corrected chi connectivity index (χ0v) is 80.8. The highest BCUT2D eigenvalue weighted by Crippen LogP contribution is 2.29. The minimum atomic E-state index is -2.07. The van der Waals surface area contributed by atoms with Crippen LogP contribution in [0, 0.1) is 17.8 Å². The molecule has 1 aliphatic rings. The van der Waals surface area contributed by atoms with Crippen LogP contribution in [-0.4, -0.2) is 273 Å². The monoisotopic (exact) mass is 1920 g/mol. The number of aliphatic hydroxyl groups is 3. The number of nitrogens with zero attached hydrogens (tertiary/aromatic N) is 3. The van der Waals surface area contributed by atoms with Gasteiger partial charge in [-0.15, -0.1) is 0 Å². The minimum Gasteiger partial charge on any atom is -0.481 e. The van der Waals surface area contributed by atoms with Crippen molar-refractivity contribution < 1.29 is 92.3 Å². The Morgan fingerprint density at radius 2 is 0.791 bits per heavy atom.